The summed E-state index contributed by atoms with van der Waals surface area (Å²) in [4.78, 5) is 12.2. The van der Waals surface area contributed by atoms with Crippen molar-refractivity contribution in [2.75, 3.05) is 21.3 Å². The zero-order chi connectivity index (χ0) is 16.9. The van der Waals surface area contributed by atoms with Crippen molar-refractivity contribution in [3.8, 4) is 5.75 Å². The molecule has 0 aromatic heterocycles. The maximum Gasteiger partial charge on any atom is 0.216 e. The molecule has 2 atom stereocenters. The number of aliphatic hydroxyl groups is 1. The largest absolute Gasteiger partial charge is 0.497 e. The smallest absolute Gasteiger partial charge is 0.216 e. The van der Waals surface area contributed by atoms with Gasteiger partial charge in [0, 0.05) is 19.8 Å². The highest BCUT2D eigenvalue weighted by molar-refractivity contribution is 6.04. The molecule has 0 heterocycles. The van der Waals surface area contributed by atoms with Crippen molar-refractivity contribution in [3.05, 3.63) is 65.8 Å². The van der Waals surface area contributed by atoms with E-state index in [-0.39, 0.29) is 5.78 Å². The molecule has 5 nitrogen and oxygen atoms in total. The number of ether oxygens (including phenoxy) is 3. The first kappa shape index (κ1) is 17.1. The average Bonchev–Trinajstić information content (AvgIpc) is 2.59. The van der Waals surface area contributed by atoms with Gasteiger partial charge in [-0.3, -0.25) is 4.79 Å². The molecule has 0 saturated heterocycles. The molecule has 0 bridgehead atoms. The molecule has 1 N–H and O–H groups in total. The molecule has 0 radical (unpaired) electrons. The number of methoxy groups -OCH3 is 3. The van der Waals surface area contributed by atoms with E-state index in [0.29, 0.717) is 16.9 Å². The number of ketones is 1. The van der Waals surface area contributed by atoms with E-state index < -0.39 is 11.9 Å². The normalized spacial score (nSPS) is 23.8. The Labute approximate surface area is 135 Å². The summed E-state index contributed by atoms with van der Waals surface area (Å²) in [6.45, 7) is 0. The molecular weight excluding hydrogens is 296 g/mol. The van der Waals surface area contributed by atoms with E-state index in [1.807, 2.05) is 0 Å². The van der Waals surface area contributed by atoms with E-state index in [0.717, 1.165) is 0 Å². The van der Waals surface area contributed by atoms with Gasteiger partial charge in [-0.15, -0.1) is 0 Å². The Morgan fingerprint density at radius 2 is 1.91 bits per heavy atom. The Bertz CT molecular complexity index is 642. The van der Waals surface area contributed by atoms with E-state index in [4.69, 9.17) is 14.2 Å². The SMILES string of the molecule is COc1ccc(C(=O)C=CC2=CC=CC(O)(OC)C2OC)cc1. The second-order valence-corrected chi connectivity index (χ2v) is 5.02. The lowest BCUT2D eigenvalue weighted by molar-refractivity contribution is -0.205. The van der Waals surface area contributed by atoms with Crippen molar-refractivity contribution in [1.29, 1.82) is 0 Å². The molecule has 2 rings (SSSR count). The summed E-state index contributed by atoms with van der Waals surface area (Å²) < 4.78 is 15.5. The van der Waals surface area contributed by atoms with Gasteiger partial charge in [0.2, 0.25) is 5.79 Å². The van der Waals surface area contributed by atoms with Crippen molar-refractivity contribution >= 4 is 5.78 Å². The lowest BCUT2D eigenvalue weighted by Crippen LogP contribution is -2.45. The average molecular weight is 316 g/mol. The summed E-state index contributed by atoms with van der Waals surface area (Å²) in [6, 6.07) is 6.84. The zero-order valence-electron chi connectivity index (χ0n) is 13.4. The minimum absolute atomic E-state index is 0.154. The Hall–Kier alpha value is -2.21. The van der Waals surface area contributed by atoms with Crippen LogP contribution in [0.15, 0.2) is 60.2 Å². The summed E-state index contributed by atoms with van der Waals surface area (Å²) in [5.41, 5.74) is 1.19. The number of carbonyl (C=O) groups is 1. The molecular formula is C18H20O5. The molecule has 0 amide bonds. The van der Waals surface area contributed by atoms with Gasteiger partial charge in [-0.1, -0.05) is 18.2 Å². The fraction of sp³-hybridized carbons (Fsp3) is 0.278. The van der Waals surface area contributed by atoms with Gasteiger partial charge in [-0.2, -0.15) is 0 Å². The van der Waals surface area contributed by atoms with Crippen LogP contribution in [0.3, 0.4) is 0 Å². The third kappa shape index (κ3) is 3.76. The van der Waals surface area contributed by atoms with Crippen LogP contribution in [0.1, 0.15) is 10.4 Å². The Balaban J connectivity index is 2.16. The van der Waals surface area contributed by atoms with E-state index in [1.165, 1.54) is 26.4 Å². The molecule has 1 aliphatic carbocycles. The molecule has 1 aromatic carbocycles. The Morgan fingerprint density at radius 1 is 1.22 bits per heavy atom. The Morgan fingerprint density at radius 3 is 2.48 bits per heavy atom. The van der Waals surface area contributed by atoms with Gasteiger partial charge in [-0.05, 0) is 42.0 Å². The monoisotopic (exact) mass is 316 g/mol. The van der Waals surface area contributed by atoms with Crippen LogP contribution in [0.5, 0.6) is 5.75 Å². The van der Waals surface area contributed by atoms with E-state index in [1.54, 1.807) is 49.6 Å². The summed E-state index contributed by atoms with van der Waals surface area (Å²) in [5, 5.41) is 10.3. The number of carbonyl (C=O) groups excluding carboxylic acids is 1. The molecule has 1 aliphatic rings. The van der Waals surface area contributed by atoms with E-state index in [9.17, 15) is 9.90 Å². The quantitative estimate of drug-likeness (QED) is 0.495. The van der Waals surface area contributed by atoms with Gasteiger partial charge in [0.05, 0.1) is 7.11 Å². The van der Waals surface area contributed by atoms with Gasteiger partial charge in [-0.25, -0.2) is 0 Å². The highest BCUT2D eigenvalue weighted by Gasteiger charge is 2.38. The van der Waals surface area contributed by atoms with Crippen LogP contribution in [0.2, 0.25) is 0 Å². The zero-order valence-corrected chi connectivity index (χ0v) is 13.4. The van der Waals surface area contributed by atoms with Crippen LogP contribution in [0.25, 0.3) is 0 Å². The van der Waals surface area contributed by atoms with Gasteiger partial charge in [0.25, 0.3) is 0 Å². The third-order valence-electron chi connectivity index (χ3n) is 3.67. The molecule has 0 fully saturated rings. The lowest BCUT2D eigenvalue weighted by Gasteiger charge is -2.33. The topological polar surface area (TPSA) is 65.0 Å². The fourth-order valence-electron chi connectivity index (χ4n) is 2.36. The number of rotatable bonds is 6. The first-order valence-electron chi connectivity index (χ1n) is 7.10. The minimum atomic E-state index is -1.55. The molecule has 2 unspecified atom stereocenters. The van der Waals surface area contributed by atoms with Crippen LogP contribution >= 0.6 is 0 Å². The predicted octanol–water partition coefficient (Wildman–Crippen LogP) is 2.28. The van der Waals surface area contributed by atoms with Gasteiger partial charge < -0.3 is 19.3 Å². The minimum Gasteiger partial charge on any atom is -0.497 e. The first-order valence-corrected chi connectivity index (χ1v) is 7.10. The molecule has 23 heavy (non-hydrogen) atoms. The van der Waals surface area contributed by atoms with Gasteiger partial charge in [0.1, 0.15) is 11.9 Å². The van der Waals surface area contributed by atoms with Crippen molar-refractivity contribution < 1.29 is 24.1 Å². The summed E-state index contributed by atoms with van der Waals surface area (Å²) in [5.74, 6) is -1.01. The number of hydrogen-bond donors (Lipinski definition) is 1. The standard InChI is InChI=1S/C18H20O5/c1-21-15-9-6-13(7-10-15)16(19)11-8-14-5-4-12-18(20,23-3)17(14)22-2/h4-12,17,20H,1-3H3. The third-order valence-corrected chi connectivity index (χ3v) is 3.67. The van der Waals surface area contributed by atoms with Crippen molar-refractivity contribution in [1.82, 2.24) is 0 Å². The number of hydrogen-bond acceptors (Lipinski definition) is 5. The van der Waals surface area contributed by atoms with Gasteiger partial charge in [0.15, 0.2) is 5.78 Å². The summed E-state index contributed by atoms with van der Waals surface area (Å²) >= 11 is 0. The summed E-state index contributed by atoms with van der Waals surface area (Å²) in [6.07, 6.45) is 7.28. The van der Waals surface area contributed by atoms with Crippen LogP contribution in [-0.2, 0) is 9.47 Å². The van der Waals surface area contributed by atoms with Crippen molar-refractivity contribution in [2.45, 2.75) is 11.9 Å². The summed E-state index contributed by atoms with van der Waals surface area (Å²) in [7, 11) is 4.44. The maximum atomic E-state index is 12.2. The molecule has 1 aromatic rings. The first-order chi connectivity index (χ1) is 11.0. The lowest BCUT2D eigenvalue weighted by atomic mass is 9.94. The van der Waals surface area contributed by atoms with Crippen LogP contribution in [0, 0.1) is 0 Å². The number of benzene rings is 1. The van der Waals surface area contributed by atoms with Crippen molar-refractivity contribution in [2.24, 2.45) is 0 Å². The van der Waals surface area contributed by atoms with E-state index >= 15 is 0 Å². The van der Waals surface area contributed by atoms with Crippen LogP contribution in [-0.4, -0.2) is 44.1 Å². The Kier molecular flexibility index (Phi) is 5.50. The highest BCUT2D eigenvalue weighted by atomic mass is 16.6. The number of allylic oxidation sites excluding steroid dienone is 3. The molecule has 0 aliphatic heterocycles. The maximum absolute atomic E-state index is 12.2. The molecule has 5 heteroatoms. The highest BCUT2D eigenvalue weighted by Crippen LogP contribution is 2.27. The second kappa shape index (κ2) is 7.37. The van der Waals surface area contributed by atoms with E-state index in [2.05, 4.69) is 0 Å². The second-order valence-electron chi connectivity index (χ2n) is 5.02. The van der Waals surface area contributed by atoms with Gasteiger partial charge >= 0.3 is 0 Å². The fourth-order valence-corrected chi connectivity index (χ4v) is 2.36. The molecule has 122 valence electrons. The predicted molar refractivity (Wildman–Crippen MR) is 86.4 cm³/mol. The molecule has 0 saturated carbocycles. The van der Waals surface area contributed by atoms with Crippen LogP contribution < -0.4 is 4.74 Å². The van der Waals surface area contributed by atoms with Crippen LogP contribution in [0.4, 0.5) is 0 Å². The van der Waals surface area contributed by atoms with Crippen molar-refractivity contribution in [3.63, 3.8) is 0 Å². The molecule has 0 spiro atoms.